The maximum Gasteiger partial charge on any atom is 0.339 e. The summed E-state index contributed by atoms with van der Waals surface area (Å²) in [5, 5.41) is 38.7. The van der Waals surface area contributed by atoms with Gasteiger partial charge in [-0.3, -0.25) is 9.69 Å². The maximum atomic E-state index is 12.8. The molecule has 0 unspecified atom stereocenters. The third-order valence-electron chi connectivity index (χ3n) is 7.10. The zero-order valence-corrected chi connectivity index (χ0v) is 24.9. The number of aromatic hydroxyl groups is 1. The summed E-state index contributed by atoms with van der Waals surface area (Å²) in [6.07, 6.45) is 7.20. The lowest BCUT2D eigenvalue weighted by molar-refractivity contribution is -0.135. The summed E-state index contributed by atoms with van der Waals surface area (Å²) in [6.45, 7) is 6.25. The number of hydrogen-bond donors (Lipinski definition) is 6. The molecule has 1 saturated heterocycles. The summed E-state index contributed by atoms with van der Waals surface area (Å²) >= 11 is 0. The molecule has 0 spiro atoms. The van der Waals surface area contributed by atoms with Crippen molar-refractivity contribution in [3.63, 3.8) is 0 Å². The van der Waals surface area contributed by atoms with Crippen LogP contribution in [0.5, 0.6) is 11.5 Å². The molecule has 4 rings (SSSR count). The van der Waals surface area contributed by atoms with Gasteiger partial charge in [-0.05, 0) is 46.5 Å². The van der Waals surface area contributed by atoms with Crippen LogP contribution in [0.2, 0.25) is 0 Å². The van der Waals surface area contributed by atoms with Gasteiger partial charge in [0.1, 0.15) is 22.6 Å². The minimum absolute atomic E-state index is 0.00146. The van der Waals surface area contributed by atoms with Crippen molar-refractivity contribution in [1.82, 2.24) is 20.9 Å². The largest absolute Gasteiger partial charge is 0.507 e. The Kier molecular flexibility index (Phi) is 12.4. The van der Waals surface area contributed by atoms with E-state index in [0.29, 0.717) is 24.2 Å². The summed E-state index contributed by atoms with van der Waals surface area (Å²) < 4.78 is 5.51. The Morgan fingerprint density at radius 2 is 1.09 bits per heavy atom. The van der Waals surface area contributed by atoms with E-state index in [4.69, 9.17) is 4.74 Å². The van der Waals surface area contributed by atoms with E-state index in [9.17, 15) is 29.7 Å². The van der Waals surface area contributed by atoms with Crippen LogP contribution in [0.1, 0.15) is 43.0 Å². The molecule has 1 aliphatic heterocycles. The Labute approximate surface area is 261 Å². The van der Waals surface area contributed by atoms with Crippen molar-refractivity contribution in [2.45, 2.75) is 0 Å². The van der Waals surface area contributed by atoms with Gasteiger partial charge < -0.3 is 36.0 Å². The van der Waals surface area contributed by atoms with Gasteiger partial charge in [-0.25, -0.2) is 9.59 Å². The molecule has 3 aromatic carbocycles. The highest BCUT2D eigenvalue weighted by atomic mass is 16.5. The monoisotopic (exact) mass is 614 g/mol. The second kappa shape index (κ2) is 16.9. The number of rotatable bonds is 9. The van der Waals surface area contributed by atoms with Crippen LogP contribution in [-0.2, 0) is 4.79 Å². The first-order valence-electron chi connectivity index (χ1n) is 14.7. The van der Waals surface area contributed by atoms with Crippen LogP contribution in [0.25, 0.3) is 24.3 Å². The Morgan fingerprint density at radius 3 is 1.62 bits per heavy atom. The molecule has 0 radical (unpaired) electrons. The zero-order chi connectivity index (χ0) is 32.0. The standard InChI is InChI=1S/C34H38N4O7/c39-30-11-9-26(21-28(30)33(41)42)7-5-24-1-3-25(4-2-24)6-8-27-10-12-31(29(22-27)34(43)44)45-32(40)23-38-19-17-36-15-13-35-14-16-37-18-20-38/h1-12,21-22,35-37,39H,13-20,23H2,(H,41,42)(H,43,44)/b7-5+,8-6+. The van der Waals surface area contributed by atoms with Crippen LogP contribution in [-0.4, -0.2) is 97.0 Å². The average Bonchev–Trinajstić information content (AvgIpc) is 3.01. The number of carbonyl (C=O) groups excluding carboxylic acids is 1. The zero-order valence-electron chi connectivity index (χ0n) is 24.9. The highest BCUT2D eigenvalue weighted by Gasteiger charge is 2.18. The molecule has 0 aliphatic carbocycles. The number of nitrogens with zero attached hydrogens (tertiary/aromatic N) is 1. The molecule has 11 nitrogen and oxygen atoms in total. The fraction of sp³-hybridized carbons (Fsp3) is 0.265. The number of carboxylic acid groups (broad SMARTS) is 2. The average molecular weight is 615 g/mol. The molecular formula is C34H38N4O7. The van der Waals surface area contributed by atoms with E-state index in [2.05, 4.69) is 16.0 Å². The second-order valence-electron chi connectivity index (χ2n) is 10.5. The second-order valence-corrected chi connectivity index (χ2v) is 10.5. The molecule has 0 saturated carbocycles. The molecule has 0 amide bonds. The van der Waals surface area contributed by atoms with E-state index in [-0.39, 0.29) is 29.2 Å². The fourth-order valence-electron chi connectivity index (χ4n) is 4.65. The van der Waals surface area contributed by atoms with Gasteiger partial charge in [0.15, 0.2) is 0 Å². The van der Waals surface area contributed by atoms with Crippen molar-refractivity contribution in [1.29, 1.82) is 0 Å². The number of carbonyl (C=O) groups is 3. The van der Waals surface area contributed by atoms with Crippen LogP contribution >= 0.6 is 0 Å². The highest BCUT2D eigenvalue weighted by Crippen LogP contribution is 2.23. The Balaban J connectivity index is 1.36. The number of esters is 1. The first-order valence-corrected chi connectivity index (χ1v) is 14.7. The number of benzene rings is 3. The number of aromatic carboxylic acids is 2. The number of ether oxygens (including phenoxy) is 1. The minimum atomic E-state index is -1.20. The van der Waals surface area contributed by atoms with E-state index >= 15 is 0 Å². The van der Waals surface area contributed by atoms with E-state index in [1.807, 2.05) is 41.3 Å². The molecule has 3 aromatic rings. The Morgan fingerprint density at radius 1 is 0.644 bits per heavy atom. The number of phenols is 1. The summed E-state index contributed by atoms with van der Waals surface area (Å²) in [7, 11) is 0. The molecule has 1 aliphatic rings. The van der Waals surface area contributed by atoms with Gasteiger partial charge in [0.25, 0.3) is 0 Å². The topological polar surface area (TPSA) is 160 Å². The van der Waals surface area contributed by atoms with Gasteiger partial charge in [0.05, 0.1) is 6.54 Å². The molecule has 0 atom stereocenters. The van der Waals surface area contributed by atoms with E-state index in [0.717, 1.165) is 50.4 Å². The van der Waals surface area contributed by atoms with E-state index in [1.165, 1.54) is 24.3 Å². The van der Waals surface area contributed by atoms with Gasteiger partial charge in [-0.2, -0.15) is 0 Å². The summed E-state index contributed by atoms with van der Waals surface area (Å²) in [6, 6.07) is 16.6. The fourth-order valence-corrected chi connectivity index (χ4v) is 4.65. The molecule has 0 aromatic heterocycles. The van der Waals surface area contributed by atoms with Crippen molar-refractivity contribution >= 4 is 42.2 Å². The summed E-state index contributed by atoms with van der Waals surface area (Å²) in [4.78, 5) is 38.0. The third kappa shape index (κ3) is 10.7. The first-order chi connectivity index (χ1) is 21.8. The molecular weight excluding hydrogens is 576 g/mol. The van der Waals surface area contributed by atoms with Crippen LogP contribution in [0, 0.1) is 0 Å². The lowest BCUT2D eigenvalue weighted by Crippen LogP contribution is -2.44. The van der Waals surface area contributed by atoms with Crippen molar-refractivity contribution < 1.29 is 34.4 Å². The molecule has 6 N–H and O–H groups in total. The van der Waals surface area contributed by atoms with Crippen LogP contribution in [0.3, 0.4) is 0 Å². The van der Waals surface area contributed by atoms with E-state index < -0.39 is 17.9 Å². The minimum Gasteiger partial charge on any atom is -0.507 e. The summed E-state index contributed by atoms with van der Waals surface area (Å²) in [5.74, 6) is -3.19. The van der Waals surface area contributed by atoms with E-state index in [1.54, 1.807) is 24.3 Å². The number of hydrogen-bond acceptors (Lipinski definition) is 9. The van der Waals surface area contributed by atoms with Gasteiger partial charge in [0, 0.05) is 52.4 Å². The quantitative estimate of drug-likeness (QED) is 0.119. The Bertz CT molecular complexity index is 1520. The SMILES string of the molecule is O=C(CN1CCNCCNCCNCC1)Oc1ccc(/C=C/c2ccc(/C=C/c3ccc(O)c(C(=O)O)c3)cc2)cc1C(=O)O. The van der Waals surface area contributed by atoms with Crippen LogP contribution in [0.15, 0.2) is 60.7 Å². The Hall–Kier alpha value is -4.81. The molecule has 45 heavy (non-hydrogen) atoms. The van der Waals surface area contributed by atoms with Crippen LogP contribution < -0.4 is 20.7 Å². The molecule has 0 bridgehead atoms. The lowest BCUT2D eigenvalue weighted by Gasteiger charge is -2.22. The predicted octanol–water partition coefficient (Wildman–Crippen LogP) is 3.12. The van der Waals surface area contributed by atoms with Crippen molar-refractivity contribution in [2.75, 3.05) is 58.9 Å². The molecule has 1 fully saturated rings. The first kappa shape index (κ1) is 33.1. The van der Waals surface area contributed by atoms with Gasteiger partial charge in [-0.1, -0.05) is 60.7 Å². The smallest absolute Gasteiger partial charge is 0.339 e. The maximum absolute atomic E-state index is 12.8. The molecule has 1 heterocycles. The van der Waals surface area contributed by atoms with Gasteiger partial charge in [-0.15, -0.1) is 0 Å². The van der Waals surface area contributed by atoms with Crippen molar-refractivity contribution in [2.24, 2.45) is 0 Å². The number of nitrogens with one attached hydrogen (secondary N) is 3. The number of carboxylic acids is 2. The summed E-state index contributed by atoms with van der Waals surface area (Å²) in [5.41, 5.74) is 2.77. The highest BCUT2D eigenvalue weighted by molar-refractivity contribution is 5.93. The van der Waals surface area contributed by atoms with Crippen LogP contribution in [0.4, 0.5) is 0 Å². The molecule has 236 valence electrons. The normalized spacial score (nSPS) is 15.4. The predicted molar refractivity (Wildman–Crippen MR) is 173 cm³/mol. The third-order valence-corrected chi connectivity index (χ3v) is 7.10. The van der Waals surface area contributed by atoms with Crippen molar-refractivity contribution in [3.8, 4) is 11.5 Å². The molecule has 11 heteroatoms. The van der Waals surface area contributed by atoms with Gasteiger partial charge in [0.2, 0.25) is 0 Å². The van der Waals surface area contributed by atoms with Crippen molar-refractivity contribution in [3.05, 3.63) is 94.0 Å². The van der Waals surface area contributed by atoms with Gasteiger partial charge >= 0.3 is 17.9 Å². The lowest BCUT2D eigenvalue weighted by atomic mass is 10.1.